The van der Waals surface area contributed by atoms with Gasteiger partial charge in [0.1, 0.15) is 5.82 Å². The summed E-state index contributed by atoms with van der Waals surface area (Å²) in [7, 11) is -1.06. The fourth-order valence-corrected chi connectivity index (χ4v) is 8.77. The van der Waals surface area contributed by atoms with Gasteiger partial charge < -0.3 is 0 Å². The molecule has 10 aromatic carbocycles. The van der Waals surface area contributed by atoms with Crippen LogP contribution in [0.3, 0.4) is 0 Å². The fraction of sp³-hybridized carbons (Fsp3) is 0.215. The van der Waals surface area contributed by atoms with Crippen molar-refractivity contribution in [3.8, 4) is 23.3 Å². The SMILES string of the molecule is Cc1cc(C)c(C)c(C)c1.Cc1cc(C)cc(C)c1.Cc1ccc(-c2ccccc2)cc1.Cc1ccc(C#N)cc1.Cc1ccc(F)cc1.Cc1ccc([Si](C)(C)C)cc1.Cc1cccc(C#N)c1.Cc1ccccc1.[2H]c1c([2H])c([2H])c(C)c([2H])c1[2H]. The number of nitrogens with zero attached hydrogens (tertiary/aromatic N) is 2. The highest BCUT2D eigenvalue weighted by Crippen LogP contribution is 2.19. The number of hydrogen-bond donors (Lipinski definition) is 0. The number of aryl methyl sites for hydroxylation is 12. The zero-order valence-corrected chi connectivity index (χ0v) is 53.5. The van der Waals surface area contributed by atoms with Crippen molar-refractivity contribution in [2.75, 3.05) is 0 Å². The van der Waals surface area contributed by atoms with Crippen LogP contribution in [0, 0.1) is 125 Å². The number of nitriles is 2. The average molecular weight is 1120 g/mol. The second-order valence-electron chi connectivity index (χ2n) is 21.7. The smallest absolute Gasteiger partial charge is 0.123 e. The van der Waals surface area contributed by atoms with Gasteiger partial charge in [-0.05, 0) is 167 Å². The molecule has 0 amide bonds. The van der Waals surface area contributed by atoms with Crippen molar-refractivity contribution in [2.45, 2.75) is 117 Å². The summed E-state index contributed by atoms with van der Waals surface area (Å²) in [6.45, 7) is 35.9. The van der Waals surface area contributed by atoms with Crippen molar-refractivity contribution in [3.63, 3.8) is 0 Å². The van der Waals surface area contributed by atoms with Gasteiger partial charge in [-0.3, -0.25) is 0 Å². The molecule has 0 spiro atoms. The lowest BCUT2D eigenvalue weighted by atomic mass is 10.0. The molecule has 0 atom stereocenters. The van der Waals surface area contributed by atoms with E-state index in [4.69, 9.17) is 17.4 Å². The summed E-state index contributed by atoms with van der Waals surface area (Å²) in [6, 6.07) is 73.6. The first-order valence-corrected chi connectivity index (χ1v) is 31.5. The monoisotopic (exact) mass is 1120 g/mol. The molecule has 4 heteroatoms. The number of rotatable bonds is 2. The van der Waals surface area contributed by atoms with E-state index in [-0.39, 0.29) is 36.0 Å². The summed E-state index contributed by atoms with van der Waals surface area (Å²) in [4.78, 5) is 0. The van der Waals surface area contributed by atoms with Crippen LogP contribution in [-0.2, 0) is 0 Å². The lowest BCUT2D eigenvalue weighted by Crippen LogP contribution is -2.37. The van der Waals surface area contributed by atoms with Gasteiger partial charge in [0.15, 0.2) is 0 Å². The molecule has 0 unspecified atom stereocenters. The number of benzene rings is 10. The maximum atomic E-state index is 12.1. The summed E-state index contributed by atoms with van der Waals surface area (Å²) in [5, 5.41) is 18.3. The van der Waals surface area contributed by atoms with Crippen molar-refractivity contribution in [1.82, 2.24) is 0 Å². The molecule has 83 heavy (non-hydrogen) atoms. The zero-order chi connectivity index (χ0) is 66.1. The fourth-order valence-electron chi connectivity index (χ4n) is 7.61. The summed E-state index contributed by atoms with van der Waals surface area (Å²) in [6.07, 6.45) is 0. The third-order valence-corrected chi connectivity index (χ3v) is 14.5. The Kier molecular flexibility index (Phi) is 29.0. The first-order valence-electron chi connectivity index (χ1n) is 30.5. The van der Waals surface area contributed by atoms with Gasteiger partial charge in [0.25, 0.3) is 0 Å². The molecule has 0 radical (unpaired) electrons. The van der Waals surface area contributed by atoms with Gasteiger partial charge in [-0.15, -0.1) is 0 Å². The van der Waals surface area contributed by atoms with E-state index in [2.05, 4.69) is 216 Å². The lowest BCUT2D eigenvalue weighted by molar-refractivity contribution is 0.627. The molecule has 0 aromatic heterocycles. The number of hydrogen-bond acceptors (Lipinski definition) is 2. The van der Waals surface area contributed by atoms with Crippen molar-refractivity contribution in [2.24, 2.45) is 0 Å². The third-order valence-electron chi connectivity index (χ3n) is 12.4. The molecule has 0 aliphatic rings. The lowest BCUT2D eigenvalue weighted by Gasteiger charge is -2.16. The Morgan fingerprint density at radius 3 is 1.06 bits per heavy atom. The molecule has 0 saturated carbocycles. The van der Waals surface area contributed by atoms with Crippen LogP contribution < -0.4 is 5.19 Å². The van der Waals surface area contributed by atoms with Crippen LogP contribution in [0.5, 0.6) is 0 Å². The molecule has 0 N–H and O–H groups in total. The molecule has 0 bridgehead atoms. The van der Waals surface area contributed by atoms with Crippen molar-refractivity contribution >= 4 is 13.3 Å². The average Bonchev–Trinajstić information content (AvgIpc) is 2.52. The Morgan fingerprint density at radius 1 is 0.325 bits per heavy atom. The Morgan fingerprint density at radius 2 is 0.687 bits per heavy atom. The number of halogens is 1. The van der Waals surface area contributed by atoms with E-state index in [9.17, 15) is 4.39 Å². The van der Waals surface area contributed by atoms with Gasteiger partial charge >= 0.3 is 0 Å². The van der Waals surface area contributed by atoms with E-state index in [1.807, 2.05) is 87.5 Å². The normalized spacial score (nSPS) is 10.4. The Balaban J connectivity index is 0.000000339. The van der Waals surface area contributed by atoms with Crippen LogP contribution in [0.1, 0.15) is 95.9 Å². The summed E-state index contributed by atoms with van der Waals surface area (Å²) < 4.78 is 48.4. The first kappa shape index (κ1) is 61.9. The quantitative estimate of drug-likeness (QED) is 0.162. The van der Waals surface area contributed by atoms with Gasteiger partial charge in [-0.1, -0.05) is 287 Å². The molecule has 0 aliphatic carbocycles. The Bertz CT molecular complexity index is 3550. The van der Waals surface area contributed by atoms with Crippen LogP contribution in [0.25, 0.3) is 11.1 Å². The van der Waals surface area contributed by atoms with E-state index in [1.54, 1.807) is 23.4 Å². The highest BCUT2D eigenvalue weighted by atomic mass is 28.3. The highest BCUT2D eigenvalue weighted by Gasteiger charge is 2.15. The molecule has 2 nitrogen and oxygen atoms in total. The van der Waals surface area contributed by atoms with Gasteiger partial charge in [0.2, 0.25) is 0 Å². The van der Waals surface area contributed by atoms with Crippen molar-refractivity contribution < 1.29 is 11.2 Å². The maximum Gasteiger partial charge on any atom is 0.123 e. The molecular formula is C79H91FN2Si. The second kappa shape index (κ2) is 38.9. The van der Waals surface area contributed by atoms with Crippen LogP contribution >= 0.6 is 0 Å². The van der Waals surface area contributed by atoms with Gasteiger partial charge in [0, 0.05) is 0 Å². The molecule has 0 aliphatic heterocycles. The first-order chi connectivity index (χ1) is 41.4. The van der Waals surface area contributed by atoms with Crippen LogP contribution in [0.15, 0.2) is 243 Å². The van der Waals surface area contributed by atoms with E-state index in [1.165, 1.54) is 91.4 Å². The highest BCUT2D eigenvalue weighted by molar-refractivity contribution is 6.88. The molecule has 0 saturated heterocycles. The van der Waals surface area contributed by atoms with Gasteiger partial charge in [0.05, 0.1) is 38.2 Å². The molecule has 428 valence electrons. The summed E-state index contributed by atoms with van der Waals surface area (Å²) in [5.41, 5.74) is 21.3. The van der Waals surface area contributed by atoms with Gasteiger partial charge in [-0.25, -0.2) is 4.39 Å². The van der Waals surface area contributed by atoms with Crippen LogP contribution in [-0.4, -0.2) is 8.07 Å². The topological polar surface area (TPSA) is 47.6 Å². The van der Waals surface area contributed by atoms with Crippen LogP contribution in [0.2, 0.25) is 19.6 Å². The minimum Gasteiger partial charge on any atom is -0.207 e. The molecular weight excluding hydrogens is 1020 g/mol. The summed E-state index contributed by atoms with van der Waals surface area (Å²) in [5.74, 6) is -0.171. The largest absolute Gasteiger partial charge is 0.207 e. The van der Waals surface area contributed by atoms with Crippen molar-refractivity contribution in [3.05, 3.63) is 337 Å². The Labute approximate surface area is 509 Å². The standard InChI is InChI=1S/C13H12.C10H16Si.C10H14.C9H12.2C8H7N.C7H7F.2C7H8/c1-11-7-9-13(10-8-11)12-5-3-2-4-6-12;1-9-5-7-10(8-6-9)11(2,3)4;1-7-5-8(2)10(4)9(3)6-7;1-7-4-8(2)6-9(3)5-7;1-7-2-4-8(6-9)5-3-7;1-7-3-2-4-8(5-7)6-9;1-6-2-4-7(8)5-3-6;2*1-7-5-3-2-4-6-7/h2-10H,1H3;5-8H,1-4H3;5-6H,1-4H3;4-6H,1-3H3;2*2-5H,1H3;2-5H,1H3;2*2-6H,1H3/i;;;;;;;2D,3D,4D,5D,6D;. The maximum absolute atomic E-state index is 12.1. The zero-order valence-electron chi connectivity index (χ0n) is 57.5. The van der Waals surface area contributed by atoms with E-state index in [0.29, 0.717) is 5.56 Å². The molecule has 10 aromatic rings. The minimum absolute atomic E-state index is 0.124. The van der Waals surface area contributed by atoms with Crippen molar-refractivity contribution in [1.29, 1.82) is 10.5 Å². The van der Waals surface area contributed by atoms with Gasteiger partial charge in [-0.2, -0.15) is 10.5 Å². The second-order valence-corrected chi connectivity index (χ2v) is 26.8. The van der Waals surface area contributed by atoms with Crippen LogP contribution in [0.4, 0.5) is 4.39 Å². The predicted octanol–water partition coefficient (Wildman–Crippen LogP) is 21.6. The molecule has 0 heterocycles. The minimum atomic E-state index is -1.06. The van der Waals surface area contributed by atoms with E-state index in [0.717, 1.165) is 22.3 Å². The Hall–Kier alpha value is -8.67. The van der Waals surface area contributed by atoms with E-state index >= 15 is 0 Å². The molecule has 0 fully saturated rings. The molecule has 10 rings (SSSR count). The third kappa shape index (κ3) is 32.4. The summed E-state index contributed by atoms with van der Waals surface area (Å²) >= 11 is 0. The van der Waals surface area contributed by atoms with E-state index < -0.39 is 8.07 Å². The predicted molar refractivity (Wildman–Crippen MR) is 362 cm³/mol.